The first-order valence-electron chi connectivity index (χ1n) is 6.62. The van der Waals surface area contributed by atoms with Gasteiger partial charge in [0.2, 0.25) is 0 Å². The summed E-state index contributed by atoms with van der Waals surface area (Å²) < 4.78 is 5.02. The number of nitrogens with zero attached hydrogens (tertiary/aromatic N) is 2. The molecule has 0 amide bonds. The number of aliphatic hydroxyl groups is 1. The molecule has 106 valence electrons. The Labute approximate surface area is 118 Å². The van der Waals surface area contributed by atoms with Crippen LogP contribution >= 0.6 is 11.6 Å². The van der Waals surface area contributed by atoms with Gasteiger partial charge in [-0.2, -0.15) is 0 Å². The number of hydrogen-bond acceptors (Lipinski definition) is 5. The lowest BCUT2D eigenvalue weighted by Crippen LogP contribution is -2.34. The van der Waals surface area contributed by atoms with Crippen LogP contribution < -0.4 is 5.32 Å². The van der Waals surface area contributed by atoms with Crippen LogP contribution in [0.5, 0.6) is 0 Å². The summed E-state index contributed by atoms with van der Waals surface area (Å²) in [5.74, 6) is 1.56. The maximum absolute atomic E-state index is 9.41. The molecule has 0 radical (unpaired) electrons. The molecule has 1 fully saturated rings. The Morgan fingerprint density at radius 3 is 2.95 bits per heavy atom. The normalized spacial score (nSPS) is 23.3. The lowest BCUT2D eigenvalue weighted by atomic mass is 9.85. The average molecular weight is 286 g/mol. The van der Waals surface area contributed by atoms with E-state index in [1.807, 2.05) is 0 Å². The predicted octanol–water partition coefficient (Wildman–Crippen LogP) is 2.24. The summed E-state index contributed by atoms with van der Waals surface area (Å²) in [4.78, 5) is 8.47. The largest absolute Gasteiger partial charge is 0.396 e. The Morgan fingerprint density at radius 1 is 1.42 bits per heavy atom. The van der Waals surface area contributed by atoms with Crippen molar-refractivity contribution >= 4 is 17.4 Å². The monoisotopic (exact) mass is 285 g/mol. The van der Waals surface area contributed by atoms with E-state index in [4.69, 9.17) is 16.3 Å². The molecule has 1 heterocycles. The van der Waals surface area contributed by atoms with Gasteiger partial charge in [0, 0.05) is 31.7 Å². The number of methoxy groups -OCH3 is 1. The minimum atomic E-state index is 0.210. The first-order valence-corrected chi connectivity index (χ1v) is 7.00. The average Bonchev–Trinajstić information content (AvgIpc) is 2.39. The highest BCUT2D eigenvalue weighted by atomic mass is 35.5. The Balaban J connectivity index is 2.08. The number of aromatic nitrogens is 2. The van der Waals surface area contributed by atoms with Crippen LogP contribution in [-0.4, -0.2) is 34.8 Å². The van der Waals surface area contributed by atoms with Gasteiger partial charge in [0.25, 0.3) is 0 Å². The summed E-state index contributed by atoms with van der Waals surface area (Å²) in [5, 5.41) is 13.2. The van der Waals surface area contributed by atoms with Crippen LogP contribution in [0, 0.1) is 5.92 Å². The number of aliphatic hydroxyl groups excluding tert-OH is 1. The van der Waals surface area contributed by atoms with Gasteiger partial charge in [-0.1, -0.05) is 24.4 Å². The van der Waals surface area contributed by atoms with Crippen molar-refractivity contribution in [3.8, 4) is 0 Å². The second kappa shape index (κ2) is 7.03. The second-order valence-corrected chi connectivity index (χ2v) is 5.29. The van der Waals surface area contributed by atoms with Gasteiger partial charge in [-0.3, -0.25) is 0 Å². The molecule has 0 aromatic carbocycles. The Bertz CT molecular complexity index is 417. The Hall–Kier alpha value is -0.910. The molecular formula is C13H20ClN3O2. The molecule has 0 bridgehead atoms. The van der Waals surface area contributed by atoms with Gasteiger partial charge in [-0.05, 0) is 12.8 Å². The van der Waals surface area contributed by atoms with Crippen molar-refractivity contribution in [2.24, 2.45) is 5.92 Å². The van der Waals surface area contributed by atoms with Crippen molar-refractivity contribution in [2.75, 3.05) is 19.0 Å². The van der Waals surface area contributed by atoms with E-state index in [2.05, 4.69) is 15.3 Å². The van der Waals surface area contributed by atoms with Crippen molar-refractivity contribution in [1.29, 1.82) is 0 Å². The molecule has 1 aromatic rings. The van der Waals surface area contributed by atoms with Crippen molar-refractivity contribution in [3.05, 3.63) is 17.0 Å². The zero-order valence-electron chi connectivity index (χ0n) is 11.1. The van der Waals surface area contributed by atoms with E-state index in [0.717, 1.165) is 12.8 Å². The second-order valence-electron chi connectivity index (χ2n) is 4.90. The molecular weight excluding hydrogens is 266 g/mol. The summed E-state index contributed by atoms with van der Waals surface area (Å²) in [6.07, 6.45) is 4.46. The summed E-state index contributed by atoms with van der Waals surface area (Å²) in [7, 11) is 1.60. The van der Waals surface area contributed by atoms with E-state index in [0.29, 0.717) is 23.4 Å². The van der Waals surface area contributed by atoms with Crippen molar-refractivity contribution in [2.45, 2.75) is 38.3 Å². The first-order chi connectivity index (χ1) is 9.22. The van der Waals surface area contributed by atoms with Crippen LogP contribution in [0.15, 0.2) is 6.07 Å². The number of nitrogens with one attached hydrogen (secondary N) is 1. The summed E-state index contributed by atoms with van der Waals surface area (Å²) in [6, 6.07) is 1.96. The Morgan fingerprint density at radius 2 is 2.21 bits per heavy atom. The molecule has 0 saturated heterocycles. The van der Waals surface area contributed by atoms with Crippen LogP contribution in [0.3, 0.4) is 0 Å². The number of anilines is 1. The lowest BCUT2D eigenvalue weighted by molar-refractivity contribution is 0.176. The van der Waals surface area contributed by atoms with E-state index in [1.54, 1.807) is 13.2 Å². The molecule has 1 aliphatic carbocycles. The summed E-state index contributed by atoms with van der Waals surface area (Å²) >= 11 is 5.98. The van der Waals surface area contributed by atoms with Crippen LogP contribution in [0.4, 0.5) is 5.82 Å². The standard InChI is InChI=1S/C13H20ClN3O2/c1-19-8-13-16-11(14)6-12(17-13)15-10-5-3-2-4-9(10)7-18/h6,9-10,18H,2-5,7-8H2,1H3,(H,15,16,17). The summed E-state index contributed by atoms with van der Waals surface area (Å²) in [6.45, 7) is 0.546. The maximum Gasteiger partial charge on any atom is 0.158 e. The molecule has 0 aliphatic heterocycles. The van der Waals surface area contributed by atoms with E-state index in [9.17, 15) is 5.11 Å². The van der Waals surface area contributed by atoms with Crippen molar-refractivity contribution < 1.29 is 9.84 Å². The van der Waals surface area contributed by atoms with E-state index in [1.165, 1.54) is 12.8 Å². The zero-order valence-corrected chi connectivity index (χ0v) is 11.9. The van der Waals surface area contributed by atoms with Crippen LogP contribution in [0.25, 0.3) is 0 Å². The highest BCUT2D eigenvalue weighted by Gasteiger charge is 2.24. The van der Waals surface area contributed by atoms with Gasteiger partial charge in [-0.25, -0.2) is 9.97 Å². The van der Waals surface area contributed by atoms with Crippen molar-refractivity contribution in [1.82, 2.24) is 9.97 Å². The highest BCUT2D eigenvalue weighted by Crippen LogP contribution is 2.27. The van der Waals surface area contributed by atoms with E-state index in [-0.39, 0.29) is 18.6 Å². The molecule has 5 nitrogen and oxygen atoms in total. The lowest BCUT2D eigenvalue weighted by Gasteiger charge is -2.31. The van der Waals surface area contributed by atoms with Crippen molar-refractivity contribution in [3.63, 3.8) is 0 Å². The zero-order chi connectivity index (χ0) is 13.7. The molecule has 0 spiro atoms. The number of hydrogen-bond donors (Lipinski definition) is 2. The molecule has 2 atom stereocenters. The number of ether oxygens (including phenoxy) is 1. The highest BCUT2D eigenvalue weighted by molar-refractivity contribution is 6.29. The first kappa shape index (κ1) is 14.5. The minimum Gasteiger partial charge on any atom is -0.396 e. The van der Waals surface area contributed by atoms with Crippen LogP contribution in [0.1, 0.15) is 31.5 Å². The number of rotatable bonds is 5. The fourth-order valence-electron chi connectivity index (χ4n) is 2.54. The van der Waals surface area contributed by atoms with Gasteiger partial charge in [0.15, 0.2) is 5.82 Å². The molecule has 1 aromatic heterocycles. The molecule has 6 heteroatoms. The van der Waals surface area contributed by atoms with Crippen LogP contribution in [0.2, 0.25) is 5.15 Å². The van der Waals surface area contributed by atoms with Gasteiger partial charge in [-0.15, -0.1) is 0 Å². The molecule has 2 N–H and O–H groups in total. The SMILES string of the molecule is COCc1nc(Cl)cc(NC2CCCCC2CO)n1. The topological polar surface area (TPSA) is 67.3 Å². The molecule has 1 saturated carbocycles. The third kappa shape index (κ3) is 4.03. The molecule has 2 rings (SSSR count). The van der Waals surface area contributed by atoms with Gasteiger partial charge in [0.1, 0.15) is 17.6 Å². The number of halogens is 1. The third-order valence-corrected chi connectivity index (χ3v) is 3.69. The quantitative estimate of drug-likeness (QED) is 0.812. The smallest absolute Gasteiger partial charge is 0.158 e. The molecule has 2 unspecified atom stereocenters. The fraction of sp³-hybridized carbons (Fsp3) is 0.692. The van der Waals surface area contributed by atoms with Gasteiger partial charge >= 0.3 is 0 Å². The summed E-state index contributed by atoms with van der Waals surface area (Å²) in [5.41, 5.74) is 0. The third-order valence-electron chi connectivity index (χ3n) is 3.49. The molecule has 1 aliphatic rings. The Kier molecular flexibility index (Phi) is 5.36. The van der Waals surface area contributed by atoms with Gasteiger partial charge < -0.3 is 15.2 Å². The van der Waals surface area contributed by atoms with E-state index >= 15 is 0 Å². The fourth-order valence-corrected chi connectivity index (χ4v) is 2.74. The maximum atomic E-state index is 9.41. The van der Waals surface area contributed by atoms with Crippen LogP contribution in [-0.2, 0) is 11.3 Å². The van der Waals surface area contributed by atoms with Gasteiger partial charge in [0.05, 0.1) is 0 Å². The predicted molar refractivity (Wildman–Crippen MR) is 74.2 cm³/mol. The minimum absolute atomic E-state index is 0.210. The molecule has 19 heavy (non-hydrogen) atoms. The van der Waals surface area contributed by atoms with E-state index < -0.39 is 0 Å².